The highest BCUT2D eigenvalue weighted by atomic mass is 32.1. The lowest BCUT2D eigenvalue weighted by atomic mass is 10.2. The van der Waals surface area contributed by atoms with Gasteiger partial charge in [-0.1, -0.05) is 59.9 Å². The van der Waals surface area contributed by atoms with Crippen molar-refractivity contribution >= 4 is 23.1 Å². The molecule has 2 aromatic carbocycles. The molecule has 0 fully saturated rings. The van der Waals surface area contributed by atoms with Crippen LogP contribution in [0.25, 0.3) is 5.69 Å². The number of esters is 1. The fourth-order valence-electron chi connectivity index (χ4n) is 2.58. The van der Waals surface area contributed by atoms with E-state index in [2.05, 4.69) is 14.8 Å². The van der Waals surface area contributed by atoms with Crippen LogP contribution in [0.3, 0.4) is 0 Å². The number of ether oxygens (including phenoxy) is 1. The van der Waals surface area contributed by atoms with E-state index < -0.39 is 0 Å². The Labute approximate surface area is 167 Å². The lowest BCUT2D eigenvalue weighted by Gasteiger charge is -2.00. The predicted octanol–water partition coefficient (Wildman–Crippen LogP) is 3.56. The van der Waals surface area contributed by atoms with E-state index in [1.807, 2.05) is 60.7 Å². The van der Waals surface area contributed by atoms with Crippen LogP contribution in [-0.2, 0) is 16.1 Å². The number of methoxy groups -OCH3 is 1. The molecule has 0 aliphatic heterocycles. The molecule has 0 spiro atoms. The van der Waals surface area contributed by atoms with Gasteiger partial charge in [-0.25, -0.2) is 4.68 Å². The molecule has 0 aliphatic carbocycles. The molecule has 0 bridgehead atoms. The summed E-state index contributed by atoms with van der Waals surface area (Å²) in [6.07, 6.45) is 0.903. The standard InChI is InChI=1S/C21H21N3O3S/c1-27-19(26)14-8-13-18(25)20-23-24(17-11-6-3-7-12-17)21(28-20)22-15-16-9-4-2-5-10-16/h2-7,9-12H,8,13-15H2,1H3. The van der Waals surface area contributed by atoms with Gasteiger partial charge < -0.3 is 4.74 Å². The quantitative estimate of drug-likeness (QED) is 0.432. The number of carbonyl (C=O) groups excluding carboxylic acids is 2. The van der Waals surface area contributed by atoms with Crippen LogP contribution in [-0.4, -0.2) is 28.6 Å². The first-order chi connectivity index (χ1) is 13.7. The second kappa shape index (κ2) is 9.75. The van der Waals surface area contributed by atoms with Crippen LogP contribution in [0.5, 0.6) is 0 Å². The van der Waals surface area contributed by atoms with Crippen molar-refractivity contribution in [2.24, 2.45) is 4.99 Å². The molecule has 0 radical (unpaired) electrons. The Morgan fingerprint density at radius 2 is 1.71 bits per heavy atom. The molecule has 1 aromatic heterocycles. The van der Waals surface area contributed by atoms with Gasteiger partial charge in [0.25, 0.3) is 0 Å². The highest BCUT2D eigenvalue weighted by Gasteiger charge is 2.15. The maximum absolute atomic E-state index is 12.5. The summed E-state index contributed by atoms with van der Waals surface area (Å²) in [7, 11) is 1.34. The van der Waals surface area contributed by atoms with Gasteiger partial charge in [-0.15, -0.1) is 0 Å². The van der Waals surface area contributed by atoms with Crippen molar-refractivity contribution in [1.82, 2.24) is 9.78 Å². The first-order valence-electron chi connectivity index (χ1n) is 8.97. The summed E-state index contributed by atoms with van der Waals surface area (Å²) in [5.41, 5.74) is 1.93. The molecule has 144 valence electrons. The molecule has 0 amide bonds. The number of hydrogen-bond acceptors (Lipinski definition) is 6. The smallest absolute Gasteiger partial charge is 0.305 e. The second-order valence-electron chi connectivity index (χ2n) is 6.09. The Balaban J connectivity index is 1.85. The van der Waals surface area contributed by atoms with Gasteiger partial charge >= 0.3 is 5.97 Å². The van der Waals surface area contributed by atoms with Gasteiger partial charge in [0.1, 0.15) is 0 Å². The molecule has 0 N–H and O–H groups in total. The molecule has 1 heterocycles. The largest absolute Gasteiger partial charge is 0.469 e. The van der Waals surface area contributed by atoms with Gasteiger partial charge in [0.2, 0.25) is 4.80 Å². The first-order valence-corrected chi connectivity index (χ1v) is 9.79. The molecule has 28 heavy (non-hydrogen) atoms. The van der Waals surface area contributed by atoms with Crippen LogP contribution in [0, 0.1) is 0 Å². The third kappa shape index (κ3) is 5.23. The van der Waals surface area contributed by atoms with E-state index in [1.54, 1.807) is 4.68 Å². The van der Waals surface area contributed by atoms with Crippen molar-refractivity contribution in [2.45, 2.75) is 25.8 Å². The number of rotatable bonds is 8. The maximum Gasteiger partial charge on any atom is 0.305 e. The molecule has 7 heteroatoms. The molecule has 3 rings (SSSR count). The topological polar surface area (TPSA) is 73.6 Å². The van der Waals surface area contributed by atoms with Crippen molar-refractivity contribution in [3.63, 3.8) is 0 Å². The second-order valence-corrected chi connectivity index (χ2v) is 7.05. The van der Waals surface area contributed by atoms with E-state index in [9.17, 15) is 9.59 Å². The fourth-order valence-corrected chi connectivity index (χ4v) is 3.45. The number of Topliss-reactive ketones (excluding diaryl/α,β-unsaturated/α-hetero) is 1. The van der Waals surface area contributed by atoms with Gasteiger partial charge in [-0.2, -0.15) is 5.10 Å². The molecular formula is C21H21N3O3S. The van der Waals surface area contributed by atoms with Crippen molar-refractivity contribution in [1.29, 1.82) is 0 Å². The van der Waals surface area contributed by atoms with Crippen LogP contribution in [0.1, 0.15) is 34.6 Å². The Morgan fingerprint density at radius 3 is 2.39 bits per heavy atom. The van der Waals surface area contributed by atoms with Gasteiger partial charge in [0.05, 0.1) is 19.3 Å². The van der Waals surface area contributed by atoms with E-state index in [0.717, 1.165) is 11.3 Å². The van der Waals surface area contributed by atoms with Crippen LogP contribution >= 0.6 is 11.3 Å². The van der Waals surface area contributed by atoms with E-state index in [0.29, 0.717) is 22.8 Å². The summed E-state index contributed by atoms with van der Waals surface area (Å²) >= 11 is 1.27. The zero-order valence-corrected chi connectivity index (χ0v) is 16.4. The van der Waals surface area contributed by atoms with Crippen LogP contribution in [0.2, 0.25) is 0 Å². The average molecular weight is 395 g/mol. The summed E-state index contributed by atoms with van der Waals surface area (Å²) in [5, 5.41) is 4.88. The van der Waals surface area contributed by atoms with Crippen molar-refractivity contribution in [3.05, 3.63) is 76.0 Å². The number of ketones is 1. The Hall–Kier alpha value is -3.06. The highest BCUT2D eigenvalue weighted by molar-refractivity contribution is 7.11. The fraction of sp³-hybridized carbons (Fsp3) is 0.238. The molecule has 0 unspecified atom stereocenters. The molecule has 0 aliphatic rings. The van der Waals surface area contributed by atoms with Crippen molar-refractivity contribution in [2.75, 3.05) is 7.11 Å². The molecule has 3 aromatic rings. The SMILES string of the molecule is COC(=O)CCCC(=O)c1nn(-c2ccccc2)c(=NCc2ccccc2)s1. The predicted molar refractivity (Wildman–Crippen MR) is 107 cm³/mol. The monoisotopic (exact) mass is 395 g/mol. The summed E-state index contributed by atoms with van der Waals surface area (Å²) in [5.74, 6) is -0.412. The Morgan fingerprint density at radius 1 is 1.04 bits per heavy atom. The Bertz CT molecular complexity index is 994. The van der Waals surface area contributed by atoms with Gasteiger partial charge in [0.15, 0.2) is 10.8 Å². The summed E-state index contributed by atoms with van der Waals surface area (Å²) < 4.78 is 6.31. The lowest BCUT2D eigenvalue weighted by Crippen LogP contribution is -2.14. The third-order valence-electron chi connectivity index (χ3n) is 4.05. The molecule has 0 saturated carbocycles. The van der Waals surface area contributed by atoms with E-state index >= 15 is 0 Å². The number of nitrogens with zero attached hydrogens (tertiary/aromatic N) is 3. The maximum atomic E-state index is 12.5. The van der Waals surface area contributed by atoms with Gasteiger partial charge in [-0.05, 0) is 24.1 Å². The minimum absolute atomic E-state index is 0.0975. The minimum atomic E-state index is -0.315. The van der Waals surface area contributed by atoms with Crippen LogP contribution in [0.15, 0.2) is 65.7 Å². The van der Waals surface area contributed by atoms with Gasteiger partial charge in [0, 0.05) is 12.8 Å². The number of aromatic nitrogens is 2. The number of benzene rings is 2. The van der Waals surface area contributed by atoms with Crippen LogP contribution < -0.4 is 4.80 Å². The average Bonchev–Trinajstić information content (AvgIpc) is 3.18. The van der Waals surface area contributed by atoms with E-state index in [-0.39, 0.29) is 24.6 Å². The number of carbonyl (C=O) groups is 2. The minimum Gasteiger partial charge on any atom is -0.469 e. The third-order valence-corrected chi connectivity index (χ3v) is 5.04. The normalized spacial score (nSPS) is 11.4. The molecular weight excluding hydrogens is 374 g/mol. The molecule has 0 saturated heterocycles. The van der Waals surface area contributed by atoms with Crippen molar-refractivity contribution in [3.8, 4) is 5.69 Å². The first kappa shape index (κ1) is 19.7. The molecule has 0 atom stereocenters. The number of para-hydroxylation sites is 1. The summed E-state index contributed by atoms with van der Waals surface area (Å²) in [6, 6.07) is 19.5. The van der Waals surface area contributed by atoms with Crippen LogP contribution in [0.4, 0.5) is 0 Å². The van der Waals surface area contributed by atoms with Crippen molar-refractivity contribution < 1.29 is 14.3 Å². The zero-order valence-electron chi connectivity index (χ0n) is 15.6. The highest BCUT2D eigenvalue weighted by Crippen LogP contribution is 2.11. The summed E-state index contributed by atoms with van der Waals surface area (Å²) in [4.78, 5) is 29.1. The van der Waals surface area contributed by atoms with E-state index in [1.165, 1.54) is 18.4 Å². The zero-order chi connectivity index (χ0) is 19.8. The summed E-state index contributed by atoms with van der Waals surface area (Å²) in [6.45, 7) is 0.506. The number of hydrogen-bond donors (Lipinski definition) is 0. The Kier molecular flexibility index (Phi) is 6.86. The molecule has 6 nitrogen and oxygen atoms in total. The van der Waals surface area contributed by atoms with E-state index in [4.69, 9.17) is 0 Å². The lowest BCUT2D eigenvalue weighted by molar-refractivity contribution is -0.140. The van der Waals surface area contributed by atoms with Gasteiger partial charge in [-0.3, -0.25) is 14.6 Å².